The number of hydrogen-bond acceptors (Lipinski definition) is 3. The summed E-state index contributed by atoms with van der Waals surface area (Å²) in [6.07, 6.45) is 0. The van der Waals surface area contributed by atoms with Crippen molar-refractivity contribution in [3.05, 3.63) is 57.8 Å². The number of rotatable bonds is 3. The fourth-order valence-corrected chi connectivity index (χ4v) is 3.34. The quantitative estimate of drug-likeness (QED) is 0.920. The summed E-state index contributed by atoms with van der Waals surface area (Å²) < 4.78 is 40.0. The van der Waals surface area contributed by atoms with Crippen LogP contribution in [0.3, 0.4) is 0 Å². The van der Waals surface area contributed by atoms with Gasteiger partial charge in [0.25, 0.3) is 10.0 Å². The van der Waals surface area contributed by atoms with Gasteiger partial charge in [0, 0.05) is 5.02 Å². The molecule has 108 valence electrons. The van der Waals surface area contributed by atoms with Gasteiger partial charge in [0.1, 0.15) is 10.7 Å². The Morgan fingerprint density at radius 2 is 1.86 bits per heavy atom. The van der Waals surface area contributed by atoms with Crippen LogP contribution >= 0.6 is 23.2 Å². The molecule has 0 bridgehead atoms. The molecule has 0 aliphatic heterocycles. The molecule has 0 aliphatic rings. The van der Waals surface area contributed by atoms with Gasteiger partial charge in [0.15, 0.2) is 0 Å². The van der Waals surface area contributed by atoms with Crippen LogP contribution in [-0.2, 0) is 10.0 Å². The lowest BCUT2D eigenvalue weighted by molar-refractivity contribution is 0.598. The van der Waals surface area contributed by atoms with E-state index < -0.39 is 15.8 Å². The largest absolute Gasteiger partial charge is 0.277 e. The monoisotopic (exact) mass is 344 g/mol. The van der Waals surface area contributed by atoms with E-state index >= 15 is 0 Å². The zero-order valence-corrected chi connectivity index (χ0v) is 12.6. The maximum absolute atomic E-state index is 13.6. The minimum Gasteiger partial charge on any atom is -0.277 e. The second kappa shape index (κ2) is 5.90. The highest BCUT2D eigenvalue weighted by Gasteiger charge is 2.20. The maximum atomic E-state index is 13.6. The molecule has 2 aromatic carbocycles. The van der Waals surface area contributed by atoms with Gasteiger partial charge in [-0.25, -0.2) is 12.8 Å². The first-order valence-corrected chi connectivity index (χ1v) is 7.75. The Bertz CT molecular complexity index is 848. The third-order valence-corrected chi connectivity index (χ3v) is 4.61. The molecule has 0 saturated heterocycles. The zero-order chi connectivity index (χ0) is 15.6. The smallest absolute Gasteiger partial charge is 0.263 e. The summed E-state index contributed by atoms with van der Waals surface area (Å²) in [5.74, 6) is -0.771. The van der Waals surface area contributed by atoms with Crippen molar-refractivity contribution in [2.24, 2.45) is 0 Å². The van der Waals surface area contributed by atoms with Crippen LogP contribution in [0.4, 0.5) is 10.1 Å². The van der Waals surface area contributed by atoms with Crippen molar-refractivity contribution < 1.29 is 12.8 Å². The first-order chi connectivity index (χ1) is 9.83. The van der Waals surface area contributed by atoms with E-state index in [1.807, 2.05) is 6.07 Å². The van der Waals surface area contributed by atoms with E-state index in [9.17, 15) is 12.8 Å². The Morgan fingerprint density at radius 3 is 2.48 bits per heavy atom. The topological polar surface area (TPSA) is 70.0 Å². The summed E-state index contributed by atoms with van der Waals surface area (Å²) in [6.45, 7) is 0. The number of nitriles is 1. The van der Waals surface area contributed by atoms with E-state index in [1.165, 1.54) is 24.3 Å². The fraction of sp³-hybridized carbons (Fsp3) is 0. The summed E-state index contributed by atoms with van der Waals surface area (Å²) in [5, 5.41) is 8.77. The average molecular weight is 345 g/mol. The molecule has 21 heavy (non-hydrogen) atoms. The van der Waals surface area contributed by atoms with Crippen LogP contribution in [0.2, 0.25) is 10.0 Å². The van der Waals surface area contributed by atoms with Crippen molar-refractivity contribution in [3.8, 4) is 6.07 Å². The van der Waals surface area contributed by atoms with E-state index in [2.05, 4.69) is 4.72 Å². The summed E-state index contributed by atoms with van der Waals surface area (Å²) in [4.78, 5) is -0.262. The Balaban J connectivity index is 2.44. The number of nitrogens with zero attached hydrogens (tertiary/aromatic N) is 1. The van der Waals surface area contributed by atoms with Crippen LogP contribution < -0.4 is 4.72 Å². The van der Waals surface area contributed by atoms with Crippen molar-refractivity contribution in [3.63, 3.8) is 0 Å². The lowest BCUT2D eigenvalue weighted by Gasteiger charge is -2.10. The van der Waals surface area contributed by atoms with Crippen molar-refractivity contribution in [1.82, 2.24) is 0 Å². The Hall–Kier alpha value is -1.81. The molecule has 0 unspecified atom stereocenters. The molecule has 0 radical (unpaired) electrons. The second-order valence-corrected chi connectivity index (χ2v) is 6.48. The molecule has 0 aromatic heterocycles. The number of sulfonamides is 1. The lowest BCUT2D eigenvalue weighted by Crippen LogP contribution is -2.14. The van der Waals surface area contributed by atoms with E-state index in [1.54, 1.807) is 0 Å². The van der Waals surface area contributed by atoms with Gasteiger partial charge in [0.05, 0.1) is 22.3 Å². The van der Waals surface area contributed by atoms with Crippen LogP contribution in [0.15, 0.2) is 41.3 Å². The standard InChI is InChI=1S/C13H7Cl2FN2O2S/c14-9-2-3-11(16)12(6-9)18-21(19,20)13-4-1-8(7-17)5-10(13)15/h1-6,18H. The summed E-state index contributed by atoms with van der Waals surface area (Å²) >= 11 is 11.5. The highest BCUT2D eigenvalue weighted by atomic mass is 35.5. The molecular formula is C13H7Cl2FN2O2S. The SMILES string of the molecule is N#Cc1ccc(S(=O)(=O)Nc2cc(Cl)ccc2F)c(Cl)c1. The van der Waals surface area contributed by atoms with Gasteiger partial charge in [-0.1, -0.05) is 23.2 Å². The van der Waals surface area contributed by atoms with Crippen molar-refractivity contribution in [2.45, 2.75) is 4.90 Å². The van der Waals surface area contributed by atoms with E-state index in [0.29, 0.717) is 0 Å². The van der Waals surface area contributed by atoms with Gasteiger partial charge in [-0.3, -0.25) is 4.72 Å². The molecule has 0 heterocycles. The zero-order valence-electron chi connectivity index (χ0n) is 10.3. The molecule has 2 rings (SSSR count). The molecule has 0 amide bonds. The molecule has 0 fully saturated rings. The number of benzene rings is 2. The van der Waals surface area contributed by atoms with Crippen LogP contribution in [0, 0.1) is 17.1 Å². The van der Waals surface area contributed by atoms with Crippen molar-refractivity contribution in [2.75, 3.05) is 4.72 Å². The highest BCUT2D eigenvalue weighted by Crippen LogP contribution is 2.27. The Labute approximate surface area is 130 Å². The summed E-state index contributed by atoms with van der Waals surface area (Å²) in [5.41, 5.74) is -0.0733. The van der Waals surface area contributed by atoms with Gasteiger partial charge >= 0.3 is 0 Å². The predicted octanol–water partition coefficient (Wildman–Crippen LogP) is 3.80. The summed E-state index contributed by atoms with van der Waals surface area (Å²) in [6, 6.07) is 9.00. The van der Waals surface area contributed by atoms with Crippen LogP contribution in [-0.4, -0.2) is 8.42 Å². The number of nitrogens with one attached hydrogen (secondary N) is 1. The van der Waals surface area contributed by atoms with Gasteiger partial charge in [-0.05, 0) is 36.4 Å². The summed E-state index contributed by atoms with van der Waals surface area (Å²) in [7, 11) is -4.10. The number of halogens is 3. The average Bonchev–Trinajstić information content (AvgIpc) is 2.42. The third-order valence-electron chi connectivity index (χ3n) is 2.52. The van der Waals surface area contributed by atoms with Crippen LogP contribution in [0.5, 0.6) is 0 Å². The molecule has 0 aliphatic carbocycles. The molecule has 0 atom stereocenters. The maximum Gasteiger partial charge on any atom is 0.263 e. The molecule has 0 spiro atoms. The minimum absolute atomic E-state index is 0.135. The lowest BCUT2D eigenvalue weighted by atomic mass is 10.2. The van der Waals surface area contributed by atoms with Gasteiger partial charge in [-0.15, -0.1) is 0 Å². The number of hydrogen-bond donors (Lipinski definition) is 1. The highest BCUT2D eigenvalue weighted by molar-refractivity contribution is 7.92. The van der Waals surface area contributed by atoms with Gasteiger partial charge < -0.3 is 0 Å². The Kier molecular flexibility index (Phi) is 4.37. The second-order valence-electron chi connectivity index (χ2n) is 3.99. The predicted molar refractivity (Wildman–Crippen MR) is 78.4 cm³/mol. The molecule has 1 N–H and O–H groups in total. The fourth-order valence-electron chi connectivity index (χ4n) is 1.56. The van der Waals surface area contributed by atoms with Gasteiger partial charge in [0.2, 0.25) is 0 Å². The molecule has 2 aromatic rings. The molecule has 8 heteroatoms. The normalized spacial score (nSPS) is 11.0. The van der Waals surface area contributed by atoms with E-state index in [-0.39, 0.29) is 26.2 Å². The molecule has 4 nitrogen and oxygen atoms in total. The Morgan fingerprint density at radius 1 is 1.14 bits per heavy atom. The van der Waals surface area contributed by atoms with Crippen molar-refractivity contribution >= 4 is 38.9 Å². The third kappa shape index (κ3) is 3.45. The number of anilines is 1. The van der Waals surface area contributed by atoms with Crippen LogP contribution in [0.1, 0.15) is 5.56 Å². The first kappa shape index (κ1) is 15.6. The minimum atomic E-state index is -4.10. The van der Waals surface area contributed by atoms with Crippen LogP contribution in [0.25, 0.3) is 0 Å². The first-order valence-electron chi connectivity index (χ1n) is 5.51. The van der Waals surface area contributed by atoms with Crippen molar-refractivity contribution in [1.29, 1.82) is 5.26 Å². The molecular weight excluding hydrogens is 338 g/mol. The molecule has 0 saturated carbocycles. The van der Waals surface area contributed by atoms with Gasteiger partial charge in [-0.2, -0.15) is 5.26 Å². The van der Waals surface area contributed by atoms with E-state index in [0.717, 1.165) is 12.1 Å². The van der Waals surface area contributed by atoms with E-state index in [4.69, 9.17) is 28.5 Å².